The highest BCUT2D eigenvalue weighted by molar-refractivity contribution is 4.80. The predicted octanol–water partition coefficient (Wildman–Crippen LogP) is 1.54. The number of hydrogen-bond donors (Lipinski definition) is 2. The van der Waals surface area contributed by atoms with Crippen LogP contribution in [0, 0.1) is 5.92 Å². The van der Waals surface area contributed by atoms with Crippen molar-refractivity contribution in [3.8, 4) is 0 Å². The minimum Gasteiger partial charge on any atom is -0.389 e. The second kappa shape index (κ2) is 3.75. The fraction of sp³-hybridized carbons (Fsp3) is 1.00. The molecule has 0 spiro atoms. The average molecular weight is 171 g/mol. The van der Waals surface area contributed by atoms with Crippen LogP contribution in [0.25, 0.3) is 0 Å². The van der Waals surface area contributed by atoms with Crippen LogP contribution in [0.2, 0.25) is 0 Å². The van der Waals surface area contributed by atoms with E-state index in [0.717, 1.165) is 5.92 Å². The van der Waals surface area contributed by atoms with Crippen LogP contribution in [0.1, 0.15) is 40.0 Å². The van der Waals surface area contributed by atoms with E-state index in [-0.39, 0.29) is 0 Å². The fourth-order valence-corrected chi connectivity index (χ4v) is 1.79. The molecule has 1 saturated carbocycles. The number of hydrogen-bond acceptors (Lipinski definition) is 2. The van der Waals surface area contributed by atoms with Crippen LogP contribution in [0.4, 0.5) is 0 Å². The van der Waals surface area contributed by atoms with Crippen LogP contribution < -0.4 is 5.32 Å². The maximum atomic E-state index is 9.48. The Morgan fingerprint density at radius 3 is 2.50 bits per heavy atom. The van der Waals surface area contributed by atoms with Gasteiger partial charge in [-0.25, -0.2) is 0 Å². The molecule has 2 heteroatoms. The van der Waals surface area contributed by atoms with E-state index >= 15 is 0 Å². The molecule has 1 rings (SSSR count). The van der Waals surface area contributed by atoms with Crippen molar-refractivity contribution in [1.29, 1.82) is 0 Å². The van der Waals surface area contributed by atoms with E-state index in [9.17, 15) is 5.11 Å². The Morgan fingerprint density at radius 1 is 1.42 bits per heavy atom. The Kier molecular flexibility index (Phi) is 3.13. The Balaban J connectivity index is 2.16. The second-order valence-electron chi connectivity index (χ2n) is 4.81. The lowest BCUT2D eigenvalue weighted by Crippen LogP contribution is -2.39. The lowest BCUT2D eigenvalue weighted by molar-refractivity contribution is 0.0765. The summed E-state index contributed by atoms with van der Waals surface area (Å²) >= 11 is 0. The van der Waals surface area contributed by atoms with Gasteiger partial charge in [0.05, 0.1) is 5.60 Å². The van der Waals surface area contributed by atoms with Gasteiger partial charge in [0.2, 0.25) is 0 Å². The van der Waals surface area contributed by atoms with Crippen LogP contribution >= 0.6 is 0 Å². The van der Waals surface area contributed by atoms with Gasteiger partial charge in [0.1, 0.15) is 0 Å². The third-order valence-corrected chi connectivity index (χ3v) is 2.52. The molecule has 0 heterocycles. The zero-order chi connectivity index (χ0) is 9.19. The van der Waals surface area contributed by atoms with Gasteiger partial charge < -0.3 is 10.4 Å². The molecule has 0 aromatic heterocycles. The first-order valence-corrected chi connectivity index (χ1v) is 4.93. The largest absolute Gasteiger partial charge is 0.389 e. The molecular formula is C10H21NO. The van der Waals surface area contributed by atoms with Crippen LogP contribution in [0.5, 0.6) is 0 Å². The molecule has 0 radical (unpaired) electrons. The van der Waals surface area contributed by atoms with Gasteiger partial charge >= 0.3 is 0 Å². The quantitative estimate of drug-likeness (QED) is 0.675. The molecule has 0 aliphatic heterocycles. The zero-order valence-electron chi connectivity index (χ0n) is 8.43. The minimum absolute atomic E-state index is 0.564. The van der Waals surface area contributed by atoms with Gasteiger partial charge in [-0.3, -0.25) is 0 Å². The molecule has 1 aliphatic rings. The van der Waals surface area contributed by atoms with Crippen molar-refractivity contribution in [2.45, 2.75) is 51.7 Å². The Bertz CT molecular complexity index is 139. The standard InChI is InChI=1S/C10H21NO/c1-8-4-5-9(6-8)11-7-10(2,3)12/h8-9,11-12H,4-7H2,1-3H3/t8-,9-/m0/s1. The molecule has 2 nitrogen and oxygen atoms in total. The SMILES string of the molecule is C[C@H]1CC[C@H](NCC(C)(C)O)C1. The molecule has 0 aromatic carbocycles. The van der Waals surface area contributed by atoms with Crippen molar-refractivity contribution in [2.75, 3.05) is 6.54 Å². The number of aliphatic hydroxyl groups is 1. The lowest BCUT2D eigenvalue weighted by atomic mass is 10.1. The molecule has 12 heavy (non-hydrogen) atoms. The molecule has 0 unspecified atom stereocenters. The molecule has 1 fully saturated rings. The van der Waals surface area contributed by atoms with E-state index in [1.165, 1.54) is 19.3 Å². The third-order valence-electron chi connectivity index (χ3n) is 2.52. The summed E-state index contributed by atoms with van der Waals surface area (Å²) in [4.78, 5) is 0. The van der Waals surface area contributed by atoms with E-state index in [0.29, 0.717) is 12.6 Å². The molecule has 1 aliphatic carbocycles. The van der Waals surface area contributed by atoms with Gasteiger partial charge in [0.15, 0.2) is 0 Å². The summed E-state index contributed by atoms with van der Waals surface area (Å²) in [5.41, 5.74) is -0.564. The summed E-state index contributed by atoms with van der Waals surface area (Å²) in [7, 11) is 0. The second-order valence-corrected chi connectivity index (χ2v) is 4.81. The molecule has 2 N–H and O–H groups in total. The first-order chi connectivity index (χ1) is 5.47. The van der Waals surface area contributed by atoms with Crippen molar-refractivity contribution in [3.05, 3.63) is 0 Å². The lowest BCUT2D eigenvalue weighted by Gasteiger charge is -2.21. The maximum Gasteiger partial charge on any atom is 0.0715 e. The van der Waals surface area contributed by atoms with Gasteiger partial charge in [-0.2, -0.15) is 0 Å². The van der Waals surface area contributed by atoms with E-state index in [1.807, 2.05) is 13.8 Å². The monoisotopic (exact) mass is 171 g/mol. The van der Waals surface area contributed by atoms with Crippen molar-refractivity contribution in [2.24, 2.45) is 5.92 Å². The van der Waals surface area contributed by atoms with Gasteiger partial charge in [-0.1, -0.05) is 6.92 Å². The molecule has 0 amide bonds. The summed E-state index contributed by atoms with van der Waals surface area (Å²) in [6.07, 6.45) is 3.89. The normalized spacial score (nSPS) is 31.0. The fourth-order valence-electron chi connectivity index (χ4n) is 1.79. The van der Waals surface area contributed by atoms with Crippen molar-refractivity contribution in [1.82, 2.24) is 5.32 Å². The van der Waals surface area contributed by atoms with Crippen LogP contribution in [-0.4, -0.2) is 23.3 Å². The topological polar surface area (TPSA) is 32.3 Å². The van der Waals surface area contributed by atoms with Crippen molar-refractivity contribution < 1.29 is 5.11 Å². The van der Waals surface area contributed by atoms with E-state index in [2.05, 4.69) is 12.2 Å². The Labute approximate surface area is 75.4 Å². The molecule has 2 atom stereocenters. The van der Waals surface area contributed by atoms with Gasteiger partial charge in [-0.05, 0) is 39.0 Å². The summed E-state index contributed by atoms with van der Waals surface area (Å²) in [6, 6.07) is 0.645. The van der Waals surface area contributed by atoms with Crippen molar-refractivity contribution >= 4 is 0 Å². The van der Waals surface area contributed by atoms with E-state index in [1.54, 1.807) is 0 Å². The number of nitrogens with one attached hydrogen (secondary N) is 1. The van der Waals surface area contributed by atoms with Crippen LogP contribution in [0.3, 0.4) is 0 Å². The summed E-state index contributed by atoms with van der Waals surface area (Å²) in [6.45, 7) is 6.70. The minimum atomic E-state index is -0.564. The Hall–Kier alpha value is -0.0800. The highest BCUT2D eigenvalue weighted by Crippen LogP contribution is 2.24. The average Bonchev–Trinajstić information content (AvgIpc) is 2.30. The van der Waals surface area contributed by atoms with Gasteiger partial charge in [0, 0.05) is 12.6 Å². The molecule has 0 aromatic rings. The first-order valence-electron chi connectivity index (χ1n) is 4.93. The summed E-state index contributed by atoms with van der Waals surface area (Å²) < 4.78 is 0. The third kappa shape index (κ3) is 3.55. The van der Waals surface area contributed by atoms with E-state index in [4.69, 9.17) is 0 Å². The predicted molar refractivity (Wildman–Crippen MR) is 51.1 cm³/mol. The molecule has 0 saturated heterocycles. The molecule has 72 valence electrons. The molecular weight excluding hydrogens is 150 g/mol. The Morgan fingerprint density at radius 2 is 2.08 bits per heavy atom. The highest BCUT2D eigenvalue weighted by atomic mass is 16.3. The number of rotatable bonds is 3. The van der Waals surface area contributed by atoms with Crippen LogP contribution in [-0.2, 0) is 0 Å². The molecule has 0 bridgehead atoms. The van der Waals surface area contributed by atoms with Crippen LogP contribution in [0.15, 0.2) is 0 Å². The highest BCUT2D eigenvalue weighted by Gasteiger charge is 2.22. The van der Waals surface area contributed by atoms with Gasteiger partial charge in [-0.15, -0.1) is 0 Å². The summed E-state index contributed by atoms with van der Waals surface area (Å²) in [5.74, 6) is 0.865. The maximum absolute atomic E-state index is 9.48. The van der Waals surface area contributed by atoms with E-state index < -0.39 is 5.60 Å². The summed E-state index contributed by atoms with van der Waals surface area (Å²) in [5, 5.41) is 12.9. The smallest absolute Gasteiger partial charge is 0.0715 e. The zero-order valence-corrected chi connectivity index (χ0v) is 8.43. The van der Waals surface area contributed by atoms with Crippen molar-refractivity contribution in [3.63, 3.8) is 0 Å². The van der Waals surface area contributed by atoms with Gasteiger partial charge in [0.25, 0.3) is 0 Å². The first kappa shape index (κ1) is 10.0.